The van der Waals surface area contributed by atoms with Crippen LogP contribution in [0.2, 0.25) is 0 Å². The zero-order valence-electron chi connectivity index (χ0n) is 15.1. The van der Waals surface area contributed by atoms with Crippen LogP contribution in [0.25, 0.3) is 0 Å². The van der Waals surface area contributed by atoms with E-state index in [0.29, 0.717) is 6.42 Å². The molecule has 0 aliphatic carbocycles. The van der Waals surface area contributed by atoms with Crippen molar-refractivity contribution in [1.82, 2.24) is 20.1 Å². The number of halogens is 3. The van der Waals surface area contributed by atoms with Gasteiger partial charge in [0.1, 0.15) is 18.1 Å². The van der Waals surface area contributed by atoms with E-state index in [4.69, 9.17) is 4.42 Å². The van der Waals surface area contributed by atoms with E-state index in [9.17, 15) is 18.0 Å². The number of urea groups is 1. The van der Waals surface area contributed by atoms with Crippen LogP contribution in [0.3, 0.4) is 0 Å². The molecule has 2 heterocycles. The number of rotatable bonds is 5. The van der Waals surface area contributed by atoms with Crippen molar-refractivity contribution in [2.75, 3.05) is 5.32 Å². The molecule has 0 saturated heterocycles. The van der Waals surface area contributed by atoms with Gasteiger partial charge in [0.15, 0.2) is 5.69 Å². The number of aromatic nitrogens is 3. The Morgan fingerprint density at radius 2 is 2.00 bits per heavy atom. The number of anilines is 1. The van der Waals surface area contributed by atoms with Gasteiger partial charge in [0.05, 0.1) is 6.20 Å². The average Bonchev–Trinajstić information content (AvgIpc) is 3.26. The molecule has 28 heavy (non-hydrogen) atoms. The number of hydrogen-bond donors (Lipinski definition) is 2. The molecule has 0 radical (unpaired) electrons. The van der Waals surface area contributed by atoms with Crippen LogP contribution in [-0.4, -0.2) is 20.8 Å². The number of benzene rings is 1. The molecule has 7 nitrogen and oxygen atoms in total. The lowest BCUT2D eigenvalue weighted by molar-refractivity contribution is -0.141. The van der Waals surface area contributed by atoms with Gasteiger partial charge >= 0.3 is 12.2 Å². The molecule has 0 saturated carbocycles. The normalized spacial score (nSPS) is 12.6. The van der Waals surface area contributed by atoms with E-state index in [1.807, 2.05) is 30.3 Å². The molecular formula is C18H18F3N5O2. The van der Waals surface area contributed by atoms with E-state index in [2.05, 4.69) is 20.7 Å². The molecule has 3 aromatic rings. The quantitative estimate of drug-likeness (QED) is 0.690. The van der Waals surface area contributed by atoms with E-state index < -0.39 is 23.9 Å². The number of nitrogens with zero attached hydrogens (tertiary/aromatic N) is 3. The topological polar surface area (TPSA) is 85.0 Å². The first kappa shape index (κ1) is 19.5. The number of oxazole rings is 1. The van der Waals surface area contributed by atoms with Crippen LogP contribution >= 0.6 is 0 Å². The minimum atomic E-state index is -4.60. The summed E-state index contributed by atoms with van der Waals surface area (Å²) in [4.78, 5) is 16.5. The highest BCUT2D eigenvalue weighted by Gasteiger charge is 2.37. The highest BCUT2D eigenvalue weighted by atomic mass is 19.4. The second-order valence-electron chi connectivity index (χ2n) is 6.15. The molecule has 1 unspecified atom stereocenters. The van der Waals surface area contributed by atoms with Crippen LogP contribution in [0.4, 0.5) is 23.8 Å². The lowest BCUT2D eigenvalue weighted by Crippen LogP contribution is -2.34. The average molecular weight is 393 g/mol. The molecule has 0 fully saturated rings. The molecule has 3 rings (SSSR count). The Bertz CT molecular complexity index is 936. The zero-order valence-corrected chi connectivity index (χ0v) is 15.1. The third-order valence-electron chi connectivity index (χ3n) is 4.12. The maximum absolute atomic E-state index is 13.0. The zero-order chi connectivity index (χ0) is 20.3. The third kappa shape index (κ3) is 4.33. The first-order valence-electron chi connectivity index (χ1n) is 8.37. The van der Waals surface area contributed by atoms with E-state index in [1.54, 1.807) is 0 Å². The predicted molar refractivity (Wildman–Crippen MR) is 94.5 cm³/mol. The molecule has 2 aromatic heterocycles. The van der Waals surface area contributed by atoms with E-state index >= 15 is 0 Å². The second-order valence-corrected chi connectivity index (χ2v) is 6.15. The SMILES string of the molecule is Cc1c(C(F)(F)F)nn(C)c1NC(=O)NC(Cc1ccccc1)c1ncco1. The maximum Gasteiger partial charge on any atom is 0.435 e. The number of carbonyl (C=O) groups excluding carboxylic acids is 1. The van der Waals surface area contributed by atoms with Crippen LogP contribution in [0.1, 0.15) is 28.8 Å². The Kier molecular flexibility index (Phi) is 5.39. The Hall–Kier alpha value is -3.30. The summed E-state index contributed by atoms with van der Waals surface area (Å²) in [6.45, 7) is 1.25. The molecular weight excluding hydrogens is 375 g/mol. The van der Waals surface area contributed by atoms with Crippen molar-refractivity contribution in [2.45, 2.75) is 25.6 Å². The number of hydrogen-bond acceptors (Lipinski definition) is 4. The summed E-state index contributed by atoms with van der Waals surface area (Å²) in [6.07, 6.45) is -1.37. The molecule has 0 bridgehead atoms. The fourth-order valence-electron chi connectivity index (χ4n) is 2.83. The Balaban J connectivity index is 1.77. The fraction of sp³-hybridized carbons (Fsp3) is 0.278. The van der Waals surface area contributed by atoms with Crippen LogP contribution in [0, 0.1) is 6.92 Å². The van der Waals surface area contributed by atoms with Crippen molar-refractivity contribution in [2.24, 2.45) is 7.05 Å². The minimum absolute atomic E-state index is 0.0457. The number of alkyl halides is 3. The molecule has 148 valence electrons. The number of amides is 2. The van der Waals surface area contributed by atoms with Crippen molar-refractivity contribution in [3.63, 3.8) is 0 Å². The molecule has 2 amide bonds. The Morgan fingerprint density at radius 1 is 1.29 bits per heavy atom. The lowest BCUT2D eigenvalue weighted by Gasteiger charge is -2.17. The van der Waals surface area contributed by atoms with Gasteiger partial charge in [0.25, 0.3) is 0 Å². The molecule has 1 atom stereocenters. The van der Waals surface area contributed by atoms with E-state index in [0.717, 1.165) is 10.2 Å². The summed E-state index contributed by atoms with van der Waals surface area (Å²) in [5.41, 5.74) is -0.276. The molecule has 10 heteroatoms. The second kappa shape index (κ2) is 7.75. The van der Waals surface area contributed by atoms with Crippen molar-refractivity contribution >= 4 is 11.8 Å². The van der Waals surface area contributed by atoms with Crippen molar-refractivity contribution < 1.29 is 22.4 Å². The first-order valence-corrected chi connectivity index (χ1v) is 8.37. The van der Waals surface area contributed by atoms with Crippen LogP contribution in [0.5, 0.6) is 0 Å². The third-order valence-corrected chi connectivity index (χ3v) is 4.12. The van der Waals surface area contributed by atoms with Gasteiger partial charge < -0.3 is 9.73 Å². The Morgan fingerprint density at radius 3 is 2.57 bits per heavy atom. The van der Waals surface area contributed by atoms with Crippen molar-refractivity contribution in [1.29, 1.82) is 0 Å². The van der Waals surface area contributed by atoms with Gasteiger partial charge in [-0.15, -0.1) is 0 Å². The smallest absolute Gasteiger partial charge is 0.435 e. The lowest BCUT2D eigenvalue weighted by atomic mass is 10.1. The number of aryl methyl sites for hydroxylation is 1. The van der Waals surface area contributed by atoms with Gasteiger partial charge in [-0.05, 0) is 12.5 Å². The van der Waals surface area contributed by atoms with Crippen LogP contribution < -0.4 is 10.6 Å². The molecule has 2 N–H and O–H groups in total. The van der Waals surface area contributed by atoms with Crippen LogP contribution in [0.15, 0.2) is 47.2 Å². The summed E-state index contributed by atoms with van der Waals surface area (Å²) < 4.78 is 45.3. The summed E-state index contributed by atoms with van der Waals surface area (Å²) >= 11 is 0. The Labute approximate surface area is 158 Å². The van der Waals surface area contributed by atoms with Gasteiger partial charge in [0, 0.05) is 19.0 Å². The van der Waals surface area contributed by atoms with Crippen molar-refractivity contribution in [3.05, 3.63) is 65.5 Å². The molecule has 0 aliphatic rings. The van der Waals surface area contributed by atoms with Gasteiger partial charge in [-0.1, -0.05) is 30.3 Å². The summed E-state index contributed by atoms with van der Waals surface area (Å²) in [7, 11) is 1.33. The molecule has 0 aliphatic heterocycles. The highest BCUT2D eigenvalue weighted by molar-refractivity contribution is 5.89. The van der Waals surface area contributed by atoms with E-state index in [-0.39, 0.29) is 17.3 Å². The molecule has 0 spiro atoms. The predicted octanol–water partition coefficient (Wildman–Crippen LogP) is 3.84. The summed E-state index contributed by atoms with van der Waals surface area (Å²) in [6, 6.07) is 8.06. The first-order chi connectivity index (χ1) is 13.3. The van der Waals surface area contributed by atoms with E-state index in [1.165, 1.54) is 26.4 Å². The minimum Gasteiger partial charge on any atom is -0.447 e. The standard InChI is InChI=1S/C18H18F3N5O2/c1-11-14(18(19,20)21)25-26(2)15(11)24-17(27)23-13(16-22-8-9-28-16)10-12-6-4-3-5-7-12/h3-9,13H,10H2,1-2H3,(H2,23,24,27). The van der Waals surface area contributed by atoms with Gasteiger partial charge in [-0.3, -0.25) is 10.00 Å². The van der Waals surface area contributed by atoms with Crippen molar-refractivity contribution in [3.8, 4) is 0 Å². The largest absolute Gasteiger partial charge is 0.447 e. The summed E-state index contributed by atoms with van der Waals surface area (Å²) in [5.74, 6) is 0.243. The van der Waals surface area contributed by atoms with Gasteiger partial charge in [-0.25, -0.2) is 9.78 Å². The number of nitrogens with one attached hydrogen (secondary N) is 2. The number of carbonyl (C=O) groups is 1. The molecule has 1 aromatic carbocycles. The summed E-state index contributed by atoms with van der Waals surface area (Å²) in [5, 5.41) is 8.57. The highest BCUT2D eigenvalue weighted by Crippen LogP contribution is 2.33. The van der Waals surface area contributed by atoms with Gasteiger partial charge in [-0.2, -0.15) is 18.3 Å². The fourth-order valence-corrected chi connectivity index (χ4v) is 2.83. The monoisotopic (exact) mass is 393 g/mol. The van der Waals surface area contributed by atoms with Crippen LogP contribution in [-0.2, 0) is 19.6 Å². The van der Waals surface area contributed by atoms with Gasteiger partial charge in [0.2, 0.25) is 5.89 Å². The maximum atomic E-state index is 13.0.